The first kappa shape index (κ1) is 15.1. The lowest BCUT2D eigenvalue weighted by atomic mass is 10.1. The van der Waals surface area contributed by atoms with Gasteiger partial charge in [0.15, 0.2) is 11.5 Å². The summed E-state index contributed by atoms with van der Waals surface area (Å²) in [6.45, 7) is 0.191. The van der Waals surface area contributed by atoms with Gasteiger partial charge in [0.25, 0.3) is 0 Å². The van der Waals surface area contributed by atoms with Gasteiger partial charge in [0.1, 0.15) is 5.82 Å². The highest BCUT2D eigenvalue weighted by Gasteiger charge is 2.12. The van der Waals surface area contributed by atoms with Crippen LogP contribution in [0.4, 0.5) is 10.1 Å². The average molecular weight is 291 g/mol. The molecule has 112 valence electrons. The Morgan fingerprint density at radius 3 is 2.48 bits per heavy atom. The second-order valence-electron chi connectivity index (χ2n) is 4.49. The Labute approximate surface area is 123 Å². The van der Waals surface area contributed by atoms with Crippen molar-refractivity contribution < 1.29 is 19.0 Å². The molecule has 0 saturated heterocycles. The van der Waals surface area contributed by atoms with Crippen molar-refractivity contribution in [2.24, 2.45) is 0 Å². The zero-order valence-corrected chi connectivity index (χ0v) is 12.0. The SMILES string of the molecule is COc1ccc(NCC(O)c2ccccc2F)cc1OC. The van der Waals surface area contributed by atoms with Crippen LogP contribution in [0.25, 0.3) is 0 Å². The van der Waals surface area contributed by atoms with Crippen molar-refractivity contribution in [3.05, 3.63) is 53.8 Å². The van der Waals surface area contributed by atoms with E-state index in [1.807, 2.05) is 0 Å². The molecule has 0 heterocycles. The molecule has 21 heavy (non-hydrogen) atoms. The van der Waals surface area contributed by atoms with Gasteiger partial charge in [0, 0.05) is 23.9 Å². The molecule has 2 N–H and O–H groups in total. The van der Waals surface area contributed by atoms with Crippen molar-refractivity contribution in [1.29, 1.82) is 0 Å². The summed E-state index contributed by atoms with van der Waals surface area (Å²) < 4.78 is 23.9. The largest absolute Gasteiger partial charge is 0.493 e. The highest BCUT2D eigenvalue weighted by atomic mass is 19.1. The van der Waals surface area contributed by atoms with E-state index in [0.717, 1.165) is 5.69 Å². The molecule has 4 nitrogen and oxygen atoms in total. The van der Waals surface area contributed by atoms with Crippen molar-refractivity contribution in [1.82, 2.24) is 0 Å². The van der Waals surface area contributed by atoms with Crippen molar-refractivity contribution in [2.75, 3.05) is 26.1 Å². The van der Waals surface area contributed by atoms with Crippen LogP contribution >= 0.6 is 0 Å². The number of nitrogens with one attached hydrogen (secondary N) is 1. The van der Waals surface area contributed by atoms with Gasteiger partial charge in [-0.25, -0.2) is 4.39 Å². The maximum atomic E-state index is 13.6. The quantitative estimate of drug-likeness (QED) is 0.859. The third-order valence-electron chi connectivity index (χ3n) is 3.15. The molecule has 2 rings (SSSR count). The van der Waals surface area contributed by atoms with Gasteiger partial charge in [-0.15, -0.1) is 0 Å². The molecule has 0 saturated carbocycles. The van der Waals surface area contributed by atoms with Crippen LogP contribution in [0.15, 0.2) is 42.5 Å². The number of anilines is 1. The molecule has 0 spiro atoms. The van der Waals surface area contributed by atoms with Gasteiger partial charge in [-0.05, 0) is 18.2 Å². The first-order valence-corrected chi connectivity index (χ1v) is 6.54. The predicted octanol–water partition coefficient (Wildman–Crippen LogP) is 2.99. The number of hydrogen-bond donors (Lipinski definition) is 2. The molecule has 0 aliphatic heterocycles. The van der Waals surface area contributed by atoms with Crippen LogP contribution in [-0.2, 0) is 0 Å². The molecule has 0 aliphatic carbocycles. The summed E-state index contributed by atoms with van der Waals surface area (Å²) in [7, 11) is 3.11. The maximum absolute atomic E-state index is 13.6. The Hall–Kier alpha value is -2.27. The van der Waals surface area contributed by atoms with Crippen molar-refractivity contribution in [2.45, 2.75) is 6.10 Å². The van der Waals surface area contributed by atoms with Crippen molar-refractivity contribution in [3.63, 3.8) is 0 Å². The van der Waals surface area contributed by atoms with Crippen LogP contribution in [0.2, 0.25) is 0 Å². The molecule has 0 fully saturated rings. The highest BCUT2D eigenvalue weighted by molar-refractivity contribution is 5.54. The first-order valence-electron chi connectivity index (χ1n) is 6.54. The Balaban J connectivity index is 2.04. The number of hydrogen-bond acceptors (Lipinski definition) is 4. The van der Waals surface area contributed by atoms with E-state index in [2.05, 4.69) is 5.32 Å². The molecule has 0 bridgehead atoms. The number of ether oxygens (including phenoxy) is 2. The van der Waals surface area contributed by atoms with E-state index in [-0.39, 0.29) is 12.1 Å². The fourth-order valence-corrected chi connectivity index (χ4v) is 2.02. The fraction of sp³-hybridized carbons (Fsp3) is 0.250. The summed E-state index contributed by atoms with van der Waals surface area (Å²) >= 11 is 0. The number of aliphatic hydroxyl groups excluding tert-OH is 1. The lowest BCUT2D eigenvalue weighted by Gasteiger charge is -2.15. The number of aliphatic hydroxyl groups is 1. The number of halogens is 1. The van der Waals surface area contributed by atoms with Gasteiger partial charge >= 0.3 is 0 Å². The van der Waals surface area contributed by atoms with E-state index in [1.165, 1.54) is 6.07 Å². The second-order valence-corrected chi connectivity index (χ2v) is 4.49. The summed E-state index contributed by atoms with van der Waals surface area (Å²) in [5.74, 6) is 0.791. The zero-order chi connectivity index (χ0) is 15.2. The maximum Gasteiger partial charge on any atom is 0.162 e. The lowest BCUT2D eigenvalue weighted by molar-refractivity contribution is 0.186. The second kappa shape index (κ2) is 6.95. The van der Waals surface area contributed by atoms with E-state index >= 15 is 0 Å². The van der Waals surface area contributed by atoms with Crippen LogP contribution in [-0.4, -0.2) is 25.9 Å². The molecule has 2 aromatic carbocycles. The molecule has 0 radical (unpaired) electrons. The fourth-order valence-electron chi connectivity index (χ4n) is 2.02. The summed E-state index contributed by atoms with van der Waals surface area (Å²) in [6.07, 6.45) is -0.931. The third-order valence-corrected chi connectivity index (χ3v) is 3.15. The Bertz CT molecular complexity index is 604. The van der Waals surface area contributed by atoms with Crippen LogP contribution < -0.4 is 14.8 Å². The number of benzene rings is 2. The average Bonchev–Trinajstić information content (AvgIpc) is 2.52. The van der Waals surface area contributed by atoms with Gasteiger partial charge in [0.05, 0.1) is 20.3 Å². The Morgan fingerprint density at radius 2 is 1.81 bits per heavy atom. The molecule has 0 aliphatic rings. The van der Waals surface area contributed by atoms with Crippen LogP contribution in [0.5, 0.6) is 11.5 Å². The minimum atomic E-state index is -0.931. The van der Waals surface area contributed by atoms with Crippen LogP contribution in [0.3, 0.4) is 0 Å². The van der Waals surface area contributed by atoms with Gasteiger partial charge in [0.2, 0.25) is 0 Å². The summed E-state index contributed by atoms with van der Waals surface area (Å²) in [5.41, 5.74) is 1.02. The summed E-state index contributed by atoms with van der Waals surface area (Å²) in [5, 5.41) is 13.1. The van der Waals surface area contributed by atoms with Gasteiger partial charge < -0.3 is 19.9 Å². The topological polar surface area (TPSA) is 50.7 Å². The standard InChI is InChI=1S/C16H18FNO3/c1-20-15-8-7-11(9-16(15)21-2)18-10-14(19)12-5-3-4-6-13(12)17/h3-9,14,18-19H,10H2,1-2H3. The number of rotatable bonds is 6. The van der Waals surface area contributed by atoms with E-state index < -0.39 is 11.9 Å². The molecule has 2 aromatic rings. The molecule has 5 heteroatoms. The Morgan fingerprint density at radius 1 is 1.10 bits per heavy atom. The molecular weight excluding hydrogens is 273 g/mol. The first-order chi connectivity index (χ1) is 10.2. The Kier molecular flexibility index (Phi) is 5.00. The summed E-state index contributed by atoms with van der Waals surface area (Å²) in [6, 6.07) is 11.5. The molecule has 0 aromatic heterocycles. The predicted molar refractivity (Wildman–Crippen MR) is 79.4 cm³/mol. The monoisotopic (exact) mass is 291 g/mol. The lowest BCUT2D eigenvalue weighted by Crippen LogP contribution is -2.13. The van der Waals surface area contributed by atoms with Crippen molar-refractivity contribution in [3.8, 4) is 11.5 Å². The van der Waals surface area contributed by atoms with Gasteiger partial charge in [-0.2, -0.15) is 0 Å². The van der Waals surface area contributed by atoms with Crippen LogP contribution in [0.1, 0.15) is 11.7 Å². The van der Waals surface area contributed by atoms with Gasteiger partial charge in [-0.1, -0.05) is 18.2 Å². The zero-order valence-electron chi connectivity index (χ0n) is 12.0. The highest BCUT2D eigenvalue weighted by Crippen LogP contribution is 2.30. The van der Waals surface area contributed by atoms with Gasteiger partial charge in [-0.3, -0.25) is 0 Å². The molecule has 1 atom stereocenters. The van der Waals surface area contributed by atoms with E-state index in [9.17, 15) is 9.50 Å². The normalized spacial score (nSPS) is 11.8. The van der Waals surface area contributed by atoms with E-state index in [1.54, 1.807) is 50.6 Å². The van der Waals surface area contributed by atoms with Crippen molar-refractivity contribution >= 4 is 5.69 Å². The molecule has 0 amide bonds. The van der Waals surface area contributed by atoms with E-state index in [4.69, 9.17) is 9.47 Å². The minimum absolute atomic E-state index is 0.191. The minimum Gasteiger partial charge on any atom is -0.493 e. The smallest absolute Gasteiger partial charge is 0.162 e. The molecule has 1 unspecified atom stereocenters. The number of methoxy groups -OCH3 is 2. The van der Waals surface area contributed by atoms with E-state index in [0.29, 0.717) is 11.5 Å². The molecular formula is C16H18FNO3. The third kappa shape index (κ3) is 3.64. The summed E-state index contributed by atoms with van der Waals surface area (Å²) in [4.78, 5) is 0. The van der Waals surface area contributed by atoms with Crippen LogP contribution in [0, 0.1) is 5.82 Å².